The van der Waals surface area contributed by atoms with Gasteiger partial charge in [-0.25, -0.2) is 4.79 Å². The average Bonchev–Trinajstić information content (AvgIpc) is 3.25. The Labute approximate surface area is 237 Å². The number of ether oxygens (including phenoxy) is 2. The number of hydrogen-bond acceptors (Lipinski definition) is 7. The smallest absolute Gasteiger partial charge is 0.337 e. The summed E-state index contributed by atoms with van der Waals surface area (Å²) in [6.45, 7) is 2.52. The molecule has 0 spiro atoms. The third kappa shape index (κ3) is 5.86. The van der Waals surface area contributed by atoms with Crippen LogP contribution in [0.2, 0.25) is 0 Å². The minimum atomic E-state index is -0.882. The lowest BCUT2D eigenvalue weighted by Gasteiger charge is -2.25. The lowest BCUT2D eigenvalue weighted by molar-refractivity contribution is -0.140. The Bertz CT molecular complexity index is 1610. The lowest BCUT2D eigenvalue weighted by atomic mass is 9.94. The van der Waals surface area contributed by atoms with Crippen molar-refractivity contribution in [3.63, 3.8) is 0 Å². The van der Waals surface area contributed by atoms with E-state index in [-0.39, 0.29) is 17.9 Å². The van der Waals surface area contributed by atoms with Crippen LogP contribution in [-0.4, -0.2) is 39.8 Å². The number of ketones is 1. The monoisotopic (exact) mass is 548 g/mol. The van der Waals surface area contributed by atoms with Crippen LogP contribution in [0, 0.1) is 6.92 Å². The van der Waals surface area contributed by atoms with Crippen molar-refractivity contribution in [2.75, 3.05) is 7.11 Å². The maximum absolute atomic E-state index is 13.4. The molecule has 1 atom stereocenters. The van der Waals surface area contributed by atoms with Gasteiger partial charge in [0.1, 0.15) is 18.1 Å². The van der Waals surface area contributed by atoms with Crippen LogP contribution in [0.1, 0.15) is 44.2 Å². The first-order valence-corrected chi connectivity index (χ1v) is 13.0. The van der Waals surface area contributed by atoms with E-state index in [0.29, 0.717) is 29.0 Å². The number of esters is 1. The van der Waals surface area contributed by atoms with Gasteiger partial charge in [0.15, 0.2) is 0 Å². The second kappa shape index (κ2) is 11.9. The number of aryl methyl sites for hydroxylation is 1. The number of Topliss-reactive ketones (excluding diaryl/α,β-unsaturated/α-hetero) is 1. The van der Waals surface area contributed by atoms with Gasteiger partial charge in [-0.1, -0.05) is 42.0 Å². The van der Waals surface area contributed by atoms with Gasteiger partial charge in [0.25, 0.3) is 11.7 Å². The minimum Gasteiger partial charge on any atom is -0.507 e. The summed E-state index contributed by atoms with van der Waals surface area (Å²) in [7, 11) is 1.29. The predicted octanol–water partition coefficient (Wildman–Crippen LogP) is 5.38. The Morgan fingerprint density at radius 3 is 2.24 bits per heavy atom. The molecule has 5 rings (SSSR count). The number of aliphatic hydroxyl groups excluding tert-OH is 1. The maximum atomic E-state index is 13.4. The van der Waals surface area contributed by atoms with E-state index in [9.17, 15) is 19.5 Å². The molecular weight excluding hydrogens is 520 g/mol. The second-order valence-electron chi connectivity index (χ2n) is 9.70. The number of pyridine rings is 1. The van der Waals surface area contributed by atoms with Gasteiger partial charge < -0.3 is 19.5 Å². The number of aromatic nitrogens is 1. The third-order valence-corrected chi connectivity index (χ3v) is 6.91. The first-order chi connectivity index (χ1) is 19.9. The number of benzene rings is 3. The molecule has 1 N–H and O–H groups in total. The molecule has 1 saturated heterocycles. The zero-order valence-electron chi connectivity index (χ0n) is 22.6. The summed E-state index contributed by atoms with van der Waals surface area (Å²) < 4.78 is 10.7. The molecule has 1 aliphatic rings. The number of carbonyl (C=O) groups excluding carboxylic acids is 3. The largest absolute Gasteiger partial charge is 0.507 e. The van der Waals surface area contributed by atoms with Gasteiger partial charge in [-0.05, 0) is 72.1 Å². The van der Waals surface area contributed by atoms with E-state index in [1.54, 1.807) is 73.1 Å². The molecule has 4 aromatic rings. The van der Waals surface area contributed by atoms with E-state index in [1.165, 1.54) is 12.0 Å². The topological polar surface area (TPSA) is 106 Å². The molecule has 0 radical (unpaired) electrons. The Hall–Kier alpha value is -5.24. The fraction of sp³-hybridized carbons (Fsp3) is 0.152. The Kier molecular flexibility index (Phi) is 7.92. The first kappa shape index (κ1) is 27.3. The highest BCUT2D eigenvalue weighted by atomic mass is 16.5. The highest BCUT2D eigenvalue weighted by Gasteiger charge is 2.46. The molecule has 0 saturated carbocycles. The van der Waals surface area contributed by atoms with Crippen LogP contribution in [0.4, 0.5) is 0 Å². The molecule has 8 nitrogen and oxygen atoms in total. The standard InChI is InChI=1S/C33H28N2O6/c1-21-4-3-5-23(18-21)20-41-27-12-10-25(11-13-27)30(36)28-29(24-6-8-26(9-7-24)33(39)40-2)35(32(38)31(28)37)19-22-14-16-34-17-15-22/h3-18,29,36H,19-20H2,1-2H3/b30-28+/t29-/m1/s1. The number of hydrogen-bond donors (Lipinski definition) is 1. The summed E-state index contributed by atoms with van der Waals surface area (Å²) in [5.74, 6) is -1.74. The van der Waals surface area contributed by atoms with Crippen LogP contribution in [-0.2, 0) is 27.5 Å². The van der Waals surface area contributed by atoms with Crippen molar-refractivity contribution in [3.8, 4) is 5.75 Å². The predicted molar refractivity (Wildman–Crippen MR) is 152 cm³/mol. The van der Waals surface area contributed by atoms with Crippen molar-refractivity contribution in [1.82, 2.24) is 9.88 Å². The van der Waals surface area contributed by atoms with E-state index < -0.39 is 23.7 Å². The SMILES string of the molecule is COC(=O)c1ccc([C@@H]2/C(=C(\O)c3ccc(OCc4cccc(C)c4)cc3)C(=O)C(=O)N2Cc2ccncc2)cc1. The molecule has 41 heavy (non-hydrogen) atoms. The fourth-order valence-corrected chi connectivity index (χ4v) is 4.83. The van der Waals surface area contributed by atoms with Crippen LogP contribution < -0.4 is 4.74 Å². The Balaban J connectivity index is 1.48. The minimum absolute atomic E-state index is 0.0386. The van der Waals surface area contributed by atoms with Crippen LogP contribution in [0.25, 0.3) is 5.76 Å². The molecule has 2 heterocycles. The van der Waals surface area contributed by atoms with Gasteiger partial charge in [0.05, 0.1) is 24.3 Å². The van der Waals surface area contributed by atoms with Crippen molar-refractivity contribution in [1.29, 1.82) is 0 Å². The molecule has 0 aliphatic carbocycles. The first-order valence-electron chi connectivity index (χ1n) is 13.0. The summed E-state index contributed by atoms with van der Waals surface area (Å²) in [5, 5.41) is 11.4. The third-order valence-electron chi connectivity index (χ3n) is 6.91. The number of nitrogens with zero attached hydrogens (tertiary/aromatic N) is 2. The number of amides is 1. The van der Waals surface area contributed by atoms with E-state index in [1.807, 2.05) is 31.2 Å². The Morgan fingerprint density at radius 1 is 0.902 bits per heavy atom. The summed E-state index contributed by atoms with van der Waals surface area (Å²) in [6.07, 6.45) is 3.21. The maximum Gasteiger partial charge on any atom is 0.337 e. The van der Waals surface area contributed by atoms with Crippen LogP contribution in [0.15, 0.2) is 103 Å². The van der Waals surface area contributed by atoms with Crippen molar-refractivity contribution >= 4 is 23.4 Å². The molecule has 1 amide bonds. The van der Waals surface area contributed by atoms with E-state index in [4.69, 9.17) is 9.47 Å². The summed E-state index contributed by atoms with van der Waals surface area (Å²) in [5.41, 5.74) is 4.15. The summed E-state index contributed by atoms with van der Waals surface area (Å²) in [4.78, 5) is 44.0. The van der Waals surface area contributed by atoms with Crippen LogP contribution >= 0.6 is 0 Å². The average molecular weight is 549 g/mol. The van der Waals surface area contributed by atoms with Gasteiger partial charge >= 0.3 is 5.97 Å². The summed E-state index contributed by atoms with van der Waals surface area (Å²) in [6, 6.07) is 23.8. The van der Waals surface area contributed by atoms with Gasteiger partial charge in [0, 0.05) is 24.5 Å². The zero-order chi connectivity index (χ0) is 28.9. The normalized spacial score (nSPS) is 16.0. The fourth-order valence-electron chi connectivity index (χ4n) is 4.83. The van der Waals surface area contributed by atoms with Gasteiger partial charge in [-0.3, -0.25) is 14.6 Å². The summed E-state index contributed by atoms with van der Waals surface area (Å²) >= 11 is 0. The van der Waals surface area contributed by atoms with E-state index in [2.05, 4.69) is 4.98 Å². The van der Waals surface area contributed by atoms with Gasteiger partial charge in [0.2, 0.25) is 0 Å². The number of rotatable bonds is 8. The van der Waals surface area contributed by atoms with E-state index >= 15 is 0 Å². The van der Waals surface area contributed by atoms with Crippen molar-refractivity contribution in [3.05, 3.63) is 136 Å². The Morgan fingerprint density at radius 2 is 1.59 bits per heavy atom. The van der Waals surface area contributed by atoms with Crippen LogP contribution in [0.3, 0.4) is 0 Å². The highest BCUT2D eigenvalue weighted by Crippen LogP contribution is 2.40. The molecule has 8 heteroatoms. The van der Waals surface area contributed by atoms with Gasteiger partial charge in [-0.15, -0.1) is 0 Å². The number of methoxy groups -OCH3 is 1. The highest BCUT2D eigenvalue weighted by molar-refractivity contribution is 6.46. The molecule has 0 unspecified atom stereocenters. The number of likely N-dealkylation sites (tertiary alicyclic amines) is 1. The molecule has 1 aliphatic heterocycles. The number of aliphatic hydroxyl groups is 1. The lowest BCUT2D eigenvalue weighted by Crippen LogP contribution is -2.29. The van der Waals surface area contributed by atoms with Crippen molar-refractivity contribution < 1.29 is 29.0 Å². The van der Waals surface area contributed by atoms with Crippen LogP contribution in [0.5, 0.6) is 5.75 Å². The molecule has 3 aromatic carbocycles. The number of carbonyl (C=O) groups is 3. The molecule has 206 valence electrons. The van der Waals surface area contributed by atoms with E-state index in [0.717, 1.165) is 16.7 Å². The van der Waals surface area contributed by atoms with Crippen molar-refractivity contribution in [2.45, 2.75) is 26.1 Å². The quantitative estimate of drug-likeness (QED) is 0.136. The molecule has 1 aromatic heterocycles. The molecule has 0 bridgehead atoms. The van der Waals surface area contributed by atoms with Gasteiger partial charge in [-0.2, -0.15) is 0 Å². The van der Waals surface area contributed by atoms with Crippen molar-refractivity contribution in [2.24, 2.45) is 0 Å². The molecular formula is C33H28N2O6. The molecule has 1 fully saturated rings. The second-order valence-corrected chi connectivity index (χ2v) is 9.70. The zero-order valence-corrected chi connectivity index (χ0v) is 22.6.